The SMILES string of the molecule is c1ccc(CCn2nncc2-c2ccccc2)cc1. The molecule has 0 N–H and O–H groups in total. The van der Waals surface area contributed by atoms with Crippen LogP contribution < -0.4 is 0 Å². The first kappa shape index (κ1) is 11.7. The van der Waals surface area contributed by atoms with Crippen LogP contribution in [0.1, 0.15) is 5.56 Å². The average molecular weight is 249 g/mol. The van der Waals surface area contributed by atoms with E-state index in [1.807, 2.05) is 35.1 Å². The maximum Gasteiger partial charge on any atom is 0.0885 e. The molecule has 0 radical (unpaired) electrons. The van der Waals surface area contributed by atoms with Gasteiger partial charge in [0.05, 0.1) is 11.9 Å². The van der Waals surface area contributed by atoms with Gasteiger partial charge in [-0.2, -0.15) is 0 Å². The summed E-state index contributed by atoms with van der Waals surface area (Å²) in [5, 5.41) is 8.20. The molecule has 0 amide bonds. The summed E-state index contributed by atoms with van der Waals surface area (Å²) in [4.78, 5) is 0. The summed E-state index contributed by atoms with van der Waals surface area (Å²) >= 11 is 0. The molecule has 1 heterocycles. The number of hydrogen-bond donors (Lipinski definition) is 0. The van der Waals surface area contributed by atoms with E-state index in [1.54, 1.807) is 0 Å². The van der Waals surface area contributed by atoms with E-state index in [0.29, 0.717) is 0 Å². The highest BCUT2D eigenvalue weighted by atomic mass is 15.4. The number of aryl methyl sites for hydroxylation is 2. The normalized spacial score (nSPS) is 10.5. The summed E-state index contributed by atoms with van der Waals surface area (Å²) in [6, 6.07) is 20.7. The molecule has 0 aliphatic carbocycles. The zero-order valence-corrected chi connectivity index (χ0v) is 10.6. The third-order valence-corrected chi connectivity index (χ3v) is 3.14. The van der Waals surface area contributed by atoms with Crippen molar-refractivity contribution < 1.29 is 0 Å². The second-order valence-corrected chi connectivity index (χ2v) is 4.44. The molecule has 0 spiro atoms. The van der Waals surface area contributed by atoms with Crippen molar-refractivity contribution in [3.8, 4) is 11.3 Å². The summed E-state index contributed by atoms with van der Waals surface area (Å²) in [6.07, 6.45) is 2.78. The van der Waals surface area contributed by atoms with E-state index in [1.165, 1.54) is 5.56 Å². The van der Waals surface area contributed by atoms with Crippen LogP contribution in [0.15, 0.2) is 66.9 Å². The van der Waals surface area contributed by atoms with Crippen molar-refractivity contribution in [3.63, 3.8) is 0 Å². The zero-order valence-electron chi connectivity index (χ0n) is 10.6. The van der Waals surface area contributed by atoms with Crippen LogP contribution in [-0.4, -0.2) is 15.0 Å². The molecule has 19 heavy (non-hydrogen) atoms. The molecule has 0 saturated heterocycles. The van der Waals surface area contributed by atoms with Crippen LogP contribution in [0.5, 0.6) is 0 Å². The van der Waals surface area contributed by atoms with Crippen molar-refractivity contribution >= 4 is 0 Å². The number of benzene rings is 2. The Balaban J connectivity index is 1.78. The maximum atomic E-state index is 4.17. The van der Waals surface area contributed by atoms with Crippen molar-refractivity contribution in [2.75, 3.05) is 0 Å². The predicted molar refractivity (Wildman–Crippen MR) is 75.6 cm³/mol. The van der Waals surface area contributed by atoms with Gasteiger partial charge in [0, 0.05) is 12.1 Å². The lowest BCUT2D eigenvalue weighted by molar-refractivity contribution is 0.594. The fraction of sp³-hybridized carbons (Fsp3) is 0.125. The first-order valence-corrected chi connectivity index (χ1v) is 6.41. The quantitative estimate of drug-likeness (QED) is 0.711. The van der Waals surface area contributed by atoms with E-state index in [-0.39, 0.29) is 0 Å². The summed E-state index contributed by atoms with van der Waals surface area (Å²) < 4.78 is 1.96. The molecule has 0 aliphatic heterocycles. The van der Waals surface area contributed by atoms with Crippen molar-refractivity contribution in [3.05, 3.63) is 72.4 Å². The topological polar surface area (TPSA) is 30.7 Å². The van der Waals surface area contributed by atoms with Crippen LogP contribution in [0.3, 0.4) is 0 Å². The fourth-order valence-corrected chi connectivity index (χ4v) is 2.13. The first-order valence-electron chi connectivity index (χ1n) is 6.41. The zero-order chi connectivity index (χ0) is 12.9. The molecule has 1 aromatic heterocycles. The minimum absolute atomic E-state index is 0.842. The smallest absolute Gasteiger partial charge is 0.0885 e. The molecule has 0 unspecified atom stereocenters. The highest BCUT2D eigenvalue weighted by molar-refractivity contribution is 5.57. The summed E-state index contributed by atoms with van der Waals surface area (Å²) in [5.74, 6) is 0. The Morgan fingerprint density at radius 3 is 2.26 bits per heavy atom. The van der Waals surface area contributed by atoms with E-state index >= 15 is 0 Å². The van der Waals surface area contributed by atoms with Gasteiger partial charge in [-0.25, -0.2) is 4.68 Å². The van der Waals surface area contributed by atoms with Crippen molar-refractivity contribution in [1.29, 1.82) is 0 Å². The van der Waals surface area contributed by atoms with Gasteiger partial charge in [-0.3, -0.25) is 0 Å². The number of hydrogen-bond acceptors (Lipinski definition) is 2. The van der Waals surface area contributed by atoms with Crippen LogP contribution >= 0.6 is 0 Å². The maximum absolute atomic E-state index is 4.17. The van der Waals surface area contributed by atoms with Crippen molar-refractivity contribution in [2.45, 2.75) is 13.0 Å². The van der Waals surface area contributed by atoms with E-state index in [4.69, 9.17) is 0 Å². The van der Waals surface area contributed by atoms with E-state index in [9.17, 15) is 0 Å². The average Bonchev–Trinajstić information content (AvgIpc) is 2.95. The van der Waals surface area contributed by atoms with Gasteiger partial charge in [0.2, 0.25) is 0 Å². The summed E-state index contributed by atoms with van der Waals surface area (Å²) in [5.41, 5.74) is 3.54. The van der Waals surface area contributed by atoms with E-state index < -0.39 is 0 Å². The molecular formula is C16H15N3. The Morgan fingerprint density at radius 2 is 1.53 bits per heavy atom. The van der Waals surface area contributed by atoms with Gasteiger partial charge in [0.1, 0.15) is 0 Å². The van der Waals surface area contributed by atoms with Crippen LogP contribution in [0.2, 0.25) is 0 Å². The minimum Gasteiger partial charge on any atom is -0.244 e. The Bertz CT molecular complexity index is 629. The minimum atomic E-state index is 0.842. The largest absolute Gasteiger partial charge is 0.244 e. The molecule has 0 aliphatic rings. The van der Waals surface area contributed by atoms with Crippen molar-refractivity contribution in [1.82, 2.24) is 15.0 Å². The second kappa shape index (κ2) is 5.48. The Hall–Kier alpha value is -2.42. The number of rotatable bonds is 4. The van der Waals surface area contributed by atoms with Gasteiger partial charge in [-0.1, -0.05) is 65.9 Å². The highest BCUT2D eigenvalue weighted by Crippen LogP contribution is 2.17. The lowest BCUT2D eigenvalue weighted by Crippen LogP contribution is -2.05. The molecule has 3 heteroatoms. The van der Waals surface area contributed by atoms with Gasteiger partial charge < -0.3 is 0 Å². The molecule has 0 bridgehead atoms. The van der Waals surface area contributed by atoms with E-state index in [0.717, 1.165) is 24.2 Å². The molecular weight excluding hydrogens is 234 g/mol. The molecule has 0 atom stereocenters. The van der Waals surface area contributed by atoms with E-state index in [2.05, 4.69) is 46.7 Å². The monoisotopic (exact) mass is 249 g/mol. The van der Waals surface area contributed by atoms with Gasteiger partial charge in [-0.15, -0.1) is 5.10 Å². The molecule has 3 nitrogen and oxygen atoms in total. The van der Waals surface area contributed by atoms with Crippen LogP contribution in [-0.2, 0) is 13.0 Å². The molecule has 94 valence electrons. The fourth-order valence-electron chi connectivity index (χ4n) is 2.13. The number of nitrogens with zero attached hydrogens (tertiary/aromatic N) is 3. The van der Waals surface area contributed by atoms with Gasteiger partial charge >= 0.3 is 0 Å². The van der Waals surface area contributed by atoms with Gasteiger partial charge in [0.25, 0.3) is 0 Å². The molecule has 3 aromatic rings. The summed E-state index contributed by atoms with van der Waals surface area (Å²) in [7, 11) is 0. The first-order chi connectivity index (χ1) is 9.43. The lowest BCUT2D eigenvalue weighted by Gasteiger charge is -2.06. The Labute approximate surface area is 112 Å². The standard InChI is InChI=1S/C16H15N3/c1-3-7-14(8-4-1)11-12-19-16(13-17-18-19)15-9-5-2-6-10-15/h1-10,13H,11-12H2. The van der Waals surface area contributed by atoms with Crippen LogP contribution in [0.4, 0.5) is 0 Å². The molecule has 3 rings (SSSR count). The Kier molecular flexibility index (Phi) is 3.36. The van der Waals surface area contributed by atoms with Crippen molar-refractivity contribution in [2.24, 2.45) is 0 Å². The van der Waals surface area contributed by atoms with Crippen LogP contribution in [0, 0.1) is 0 Å². The van der Waals surface area contributed by atoms with Gasteiger partial charge in [-0.05, 0) is 12.0 Å². The predicted octanol–water partition coefficient (Wildman–Crippen LogP) is 3.19. The molecule has 0 saturated carbocycles. The molecule has 0 fully saturated rings. The lowest BCUT2D eigenvalue weighted by atomic mass is 10.1. The highest BCUT2D eigenvalue weighted by Gasteiger charge is 2.05. The number of aromatic nitrogens is 3. The summed E-state index contributed by atoms with van der Waals surface area (Å²) in [6.45, 7) is 0.842. The van der Waals surface area contributed by atoms with Crippen LogP contribution in [0.25, 0.3) is 11.3 Å². The second-order valence-electron chi connectivity index (χ2n) is 4.44. The molecule has 2 aromatic carbocycles. The third kappa shape index (κ3) is 2.71. The Morgan fingerprint density at radius 1 is 0.842 bits per heavy atom. The third-order valence-electron chi connectivity index (χ3n) is 3.14. The van der Waals surface area contributed by atoms with Gasteiger partial charge in [0.15, 0.2) is 0 Å².